The summed E-state index contributed by atoms with van der Waals surface area (Å²) < 4.78 is 60.8. The molecule has 2 fully saturated rings. The van der Waals surface area contributed by atoms with Gasteiger partial charge in [0.25, 0.3) is 5.91 Å². The van der Waals surface area contributed by atoms with Crippen LogP contribution in [0.3, 0.4) is 0 Å². The van der Waals surface area contributed by atoms with Crippen molar-refractivity contribution in [1.82, 2.24) is 34.9 Å². The van der Waals surface area contributed by atoms with Crippen molar-refractivity contribution in [2.75, 3.05) is 6.61 Å². The van der Waals surface area contributed by atoms with Crippen molar-refractivity contribution in [3.05, 3.63) is 83.5 Å². The Kier molecular flexibility index (Phi) is 9.37. The Labute approximate surface area is 290 Å². The number of amides is 2. The zero-order valence-corrected chi connectivity index (χ0v) is 28.1. The Hall–Kier alpha value is -4.92. The molecule has 1 aliphatic carbocycles. The summed E-state index contributed by atoms with van der Waals surface area (Å²) in [6, 6.07) is 10.3. The highest BCUT2D eigenvalue weighted by atomic mass is 35.5. The molecule has 2 aromatic heterocycles. The molecule has 0 spiro atoms. The number of halogens is 5. The van der Waals surface area contributed by atoms with E-state index in [1.165, 1.54) is 35.6 Å². The predicted molar refractivity (Wildman–Crippen MR) is 177 cm³/mol. The number of nitrogens with one attached hydrogen (secondary N) is 3. The number of imidazole rings is 1. The molecule has 3 N–H and O–H groups in total. The van der Waals surface area contributed by atoms with Crippen molar-refractivity contribution in [2.45, 2.75) is 70.8 Å². The van der Waals surface area contributed by atoms with Crippen molar-refractivity contribution in [3.63, 3.8) is 0 Å². The standard InChI is InChI=1S/C34H35ClF4N8O3/c1-33(2,3)17-34(22-7-4-19(5-8-22)21-13-42-46(15-21)30(38)39)28(48)47(31(40)44-34)27(16-50-32(49)43-23-9-10-23)20-6-11-25(35)24(12-20)26-14-41-18-45(26)29(36)37/h4-8,11-15,18,23,27,29-30H,9-10,16-17H2,1-3H3,(H2,40,44)(H,43,49)/t27-,34-/m1/s1. The van der Waals surface area contributed by atoms with Crippen LogP contribution in [-0.2, 0) is 15.1 Å². The highest BCUT2D eigenvalue weighted by molar-refractivity contribution is 6.33. The third-order valence-corrected chi connectivity index (χ3v) is 8.90. The van der Waals surface area contributed by atoms with Gasteiger partial charge in [0.1, 0.15) is 12.1 Å². The predicted octanol–water partition coefficient (Wildman–Crippen LogP) is 7.49. The monoisotopic (exact) mass is 714 g/mol. The van der Waals surface area contributed by atoms with Crippen molar-refractivity contribution >= 4 is 29.6 Å². The van der Waals surface area contributed by atoms with Crippen molar-refractivity contribution < 1.29 is 31.9 Å². The number of hydrogen-bond donors (Lipinski definition) is 3. The Morgan fingerprint density at radius 3 is 2.44 bits per heavy atom. The molecule has 11 nitrogen and oxygen atoms in total. The van der Waals surface area contributed by atoms with Gasteiger partial charge in [-0.15, -0.1) is 0 Å². The fourth-order valence-corrected chi connectivity index (χ4v) is 6.41. The van der Waals surface area contributed by atoms with Gasteiger partial charge in [-0.05, 0) is 53.5 Å². The number of hydrogen-bond acceptors (Lipinski definition) is 6. The summed E-state index contributed by atoms with van der Waals surface area (Å²) in [5.41, 5.74) is 0.241. The molecule has 2 aromatic carbocycles. The van der Waals surface area contributed by atoms with Crippen molar-refractivity contribution in [3.8, 4) is 22.4 Å². The van der Waals surface area contributed by atoms with E-state index in [1.807, 2.05) is 20.8 Å². The van der Waals surface area contributed by atoms with Crippen LogP contribution in [0.25, 0.3) is 22.4 Å². The largest absolute Gasteiger partial charge is 0.447 e. The van der Waals surface area contributed by atoms with Gasteiger partial charge in [-0.1, -0.05) is 62.7 Å². The second-order valence-corrected chi connectivity index (χ2v) is 14.0. The van der Waals surface area contributed by atoms with Crippen LogP contribution in [0.15, 0.2) is 67.4 Å². The molecule has 2 atom stereocenters. The minimum absolute atomic E-state index is 0.00164. The molecular formula is C34H35ClF4N8O3. The van der Waals surface area contributed by atoms with E-state index in [9.17, 15) is 27.2 Å². The topological polar surface area (TPSA) is 130 Å². The van der Waals surface area contributed by atoms with Gasteiger partial charge in [0.2, 0.25) is 0 Å². The number of benzene rings is 2. The second-order valence-electron chi connectivity index (χ2n) is 13.6. The highest BCUT2D eigenvalue weighted by Gasteiger charge is 2.54. The van der Waals surface area contributed by atoms with Crippen molar-refractivity contribution in [2.24, 2.45) is 5.41 Å². The first-order valence-electron chi connectivity index (χ1n) is 15.8. The molecule has 0 unspecified atom stereocenters. The molecular weight excluding hydrogens is 680 g/mol. The highest BCUT2D eigenvalue weighted by Crippen LogP contribution is 2.43. The van der Waals surface area contributed by atoms with E-state index < -0.39 is 42.1 Å². The lowest BCUT2D eigenvalue weighted by Gasteiger charge is -2.35. The minimum Gasteiger partial charge on any atom is -0.447 e. The quantitative estimate of drug-likeness (QED) is 0.138. The number of alkyl carbamates (subject to hydrolysis) is 1. The first kappa shape index (κ1) is 34.9. The van der Waals surface area contributed by atoms with Gasteiger partial charge < -0.3 is 15.4 Å². The van der Waals surface area contributed by atoms with Crippen LogP contribution in [0, 0.1) is 10.8 Å². The van der Waals surface area contributed by atoms with E-state index in [-0.39, 0.29) is 41.3 Å². The zero-order valence-electron chi connectivity index (χ0n) is 27.3. The maximum atomic E-state index is 14.9. The molecule has 3 heterocycles. The van der Waals surface area contributed by atoms with Crippen molar-refractivity contribution in [1.29, 1.82) is 5.41 Å². The molecule has 4 aromatic rings. The van der Waals surface area contributed by atoms with Gasteiger partial charge in [-0.2, -0.15) is 22.7 Å². The lowest BCUT2D eigenvalue weighted by Crippen LogP contribution is -2.47. The van der Waals surface area contributed by atoms with Crippen LogP contribution >= 0.6 is 11.6 Å². The normalized spacial score (nSPS) is 18.6. The number of carbonyl (C=O) groups excluding carboxylic acids is 2. The summed E-state index contributed by atoms with van der Waals surface area (Å²) in [6.07, 6.45) is 5.94. The Bertz CT molecular complexity index is 1900. The average Bonchev–Trinajstić information content (AvgIpc) is 3.42. The molecule has 2 amide bonds. The molecule has 6 rings (SSSR count). The van der Waals surface area contributed by atoms with Gasteiger partial charge in [0.05, 0.1) is 30.5 Å². The fourth-order valence-electron chi connectivity index (χ4n) is 6.20. The Morgan fingerprint density at radius 1 is 1.10 bits per heavy atom. The maximum Gasteiger partial charge on any atom is 0.407 e. The molecule has 1 aliphatic heterocycles. The lowest BCUT2D eigenvalue weighted by atomic mass is 9.75. The van der Waals surface area contributed by atoms with Crippen LogP contribution in [0.5, 0.6) is 0 Å². The Morgan fingerprint density at radius 2 is 1.82 bits per heavy atom. The minimum atomic E-state index is -2.90. The van der Waals surface area contributed by atoms with E-state index in [4.69, 9.17) is 21.7 Å². The number of carbonyl (C=O) groups is 2. The summed E-state index contributed by atoms with van der Waals surface area (Å²) in [5.74, 6) is -0.784. The average molecular weight is 715 g/mol. The summed E-state index contributed by atoms with van der Waals surface area (Å²) in [7, 11) is 0. The molecule has 264 valence electrons. The van der Waals surface area contributed by atoms with E-state index in [1.54, 1.807) is 30.3 Å². The van der Waals surface area contributed by atoms with E-state index in [0.717, 1.165) is 19.2 Å². The van der Waals surface area contributed by atoms with Gasteiger partial charge in [-0.25, -0.2) is 14.5 Å². The summed E-state index contributed by atoms with van der Waals surface area (Å²) >= 11 is 6.49. The smallest absolute Gasteiger partial charge is 0.407 e. The number of guanidine groups is 1. The van der Waals surface area contributed by atoms with Crippen LogP contribution in [0.2, 0.25) is 5.02 Å². The first-order chi connectivity index (χ1) is 23.7. The van der Waals surface area contributed by atoms with Gasteiger partial charge in [-0.3, -0.25) is 19.7 Å². The number of aromatic nitrogens is 4. The summed E-state index contributed by atoms with van der Waals surface area (Å²) in [6.45, 7) is -0.228. The number of ether oxygens (including phenoxy) is 1. The van der Waals surface area contributed by atoms with E-state index in [0.29, 0.717) is 31.5 Å². The third-order valence-electron chi connectivity index (χ3n) is 8.58. The van der Waals surface area contributed by atoms with Gasteiger partial charge in [0, 0.05) is 28.4 Å². The van der Waals surface area contributed by atoms with E-state index >= 15 is 0 Å². The molecule has 1 saturated carbocycles. The van der Waals surface area contributed by atoms with Crippen LogP contribution < -0.4 is 10.6 Å². The molecule has 0 radical (unpaired) electrons. The second kappa shape index (κ2) is 13.4. The van der Waals surface area contributed by atoms with Gasteiger partial charge in [0.15, 0.2) is 5.96 Å². The molecule has 0 bridgehead atoms. The number of nitrogens with zero attached hydrogens (tertiary/aromatic N) is 5. The lowest BCUT2D eigenvalue weighted by molar-refractivity contribution is -0.134. The third kappa shape index (κ3) is 7.04. The van der Waals surface area contributed by atoms with Crippen LogP contribution in [0.4, 0.5) is 22.4 Å². The van der Waals surface area contributed by atoms with Crippen LogP contribution in [0.1, 0.15) is 70.3 Å². The van der Waals surface area contributed by atoms with Gasteiger partial charge >= 0.3 is 19.2 Å². The molecule has 2 aliphatic rings. The van der Waals surface area contributed by atoms with E-state index in [2.05, 4.69) is 20.7 Å². The Balaban J connectivity index is 1.40. The first-order valence-corrected chi connectivity index (χ1v) is 16.2. The fraction of sp³-hybridized carbons (Fsp3) is 0.382. The summed E-state index contributed by atoms with van der Waals surface area (Å²) in [5, 5.41) is 18.8. The molecule has 1 saturated heterocycles. The van der Waals surface area contributed by atoms with Crippen LogP contribution in [-0.4, -0.2) is 54.8 Å². The number of alkyl halides is 4. The maximum absolute atomic E-state index is 14.9. The molecule has 50 heavy (non-hydrogen) atoms. The zero-order chi connectivity index (χ0) is 36.0. The summed E-state index contributed by atoms with van der Waals surface area (Å²) in [4.78, 5) is 32.6. The SMILES string of the molecule is CC(C)(C)C[C@]1(c2ccc(-c3cnn(C(F)F)c3)cc2)NC(=N)N([C@H](COC(=O)NC2CC2)c2ccc(Cl)c(-c3cncn3C(F)F)c2)C1=O. The number of rotatable bonds is 11. The molecule has 16 heteroatoms.